The van der Waals surface area contributed by atoms with Crippen LogP contribution in [0.25, 0.3) is 10.9 Å². The van der Waals surface area contributed by atoms with Crippen LogP contribution in [0.15, 0.2) is 46.6 Å². The molecule has 2 aromatic heterocycles. The number of pyridine rings is 1. The first-order chi connectivity index (χ1) is 15.0. The Labute approximate surface area is 194 Å². The molecule has 0 bridgehead atoms. The summed E-state index contributed by atoms with van der Waals surface area (Å²) in [5.41, 5.74) is 2.70. The lowest BCUT2D eigenvalue weighted by Crippen LogP contribution is -2.40. The SMILES string of the molecule is CCN(CC)CCCNC(=S)N(Cc1cccs1)Cc1cc2cc(C)ccc2[nH]c1=O. The van der Waals surface area contributed by atoms with Gasteiger partial charge in [-0.2, -0.15) is 0 Å². The predicted molar refractivity (Wildman–Crippen MR) is 136 cm³/mol. The fourth-order valence-electron chi connectivity index (χ4n) is 3.63. The number of aromatic amines is 1. The second-order valence-corrected chi connectivity index (χ2v) is 9.18. The minimum Gasteiger partial charge on any atom is -0.363 e. The molecule has 0 radical (unpaired) electrons. The summed E-state index contributed by atoms with van der Waals surface area (Å²) in [5.74, 6) is 0. The van der Waals surface area contributed by atoms with Crippen molar-refractivity contribution in [2.45, 2.75) is 40.3 Å². The summed E-state index contributed by atoms with van der Waals surface area (Å²) >= 11 is 7.44. The van der Waals surface area contributed by atoms with Gasteiger partial charge in [0.25, 0.3) is 5.56 Å². The van der Waals surface area contributed by atoms with E-state index in [9.17, 15) is 4.79 Å². The number of benzene rings is 1. The van der Waals surface area contributed by atoms with Crippen LogP contribution in [0.2, 0.25) is 0 Å². The van der Waals surface area contributed by atoms with Gasteiger partial charge < -0.3 is 20.1 Å². The van der Waals surface area contributed by atoms with Crippen molar-refractivity contribution in [3.8, 4) is 0 Å². The maximum absolute atomic E-state index is 12.7. The largest absolute Gasteiger partial charge is 0.363 e. The van der Waals surface area contributed by atoms with Crippen LogP contribution in [-0.2, 0) is 13.1 Å². The first-order valence-electron chi connectivity index (χ1n) is 10.9. The highest BCUT2D eigenvalue weighted by Gasteiger charge is 2.14. The molecule has 0 saturated carbocycles. The Morgan fingerprint density at radius 1 is 1.16 bits per heavy atom. The molecule has 3 rings (SSSR count). The maximum atomic E-state index is 12.7. The third kappa shape index (κ3) is 6.63. The quantitative estimate of drug-likeness (QED) is 0.347. The molecule has 5 nitrogen and oxygen atoms in total. The first kappa shape index (κ1) is 23.4. The van der Waals surface area contributed by atoms with Gasteiger partial charge in [0.15, 0.2) is 5.11 Å². The molecular weight excluding hydrogens is 424 g/mol. The zero-order valence-corrected chi connectivity index (χ0v) is 20.2. The molecule has 166 valence electrons. The van der Waals surface area contributed by atoms with Gasteiger partial charge in [-0.1, -0.05) is 31.5 Å². The number of nitrogens with one attached hydrogen (secondary N) is 2. The number of aryl methyl sites for hydroxylation is 1. The van der Waals surface area contributed by atoms with E-state index in [0.717, 1.165) is 49.1 Å². The average Bonchev–Trinajstić information content (AvgIpc) is 3.27. The number of thiophene rings is 1. The monoisotopic (exact) mass is 456 g/mol. The zero-order chi connectivity index (χ0) is 22.2. The van der Waals surface area contributed by atoms with E-state index in [1.54, 1.807) is 11.3 Å². The lowest BCUT2D eigenvalue weighted by Gasteiger charge is -2.26. The van der Waals surface area contributed by atoms with E-state index < -0.39 is 0 Å². The van der Waals surface area contributed by atoms with E-state index in [4.69, 9.17) is 12.2 Å². The summed E-state index contributed by atoms with van der Waals surface area (Å²) in [6.07, 6.45) is 1.03. The summed E-state index contributed by atoms with van der Waals surface area (Å²) in [6, 6.07) is 12.2. The van der Waals surface area contributed by atoms with E-state index in [1.165, 1.54) is 10.4 Å². The first-order valence-corrected chi connectivity index (χ1v) is 12.2. The van der Waals surface area contributed by atoms with E-state index in [2.05, 4.69) is 58.4 Å². The molecule has 0 spiro atoms. The number of aromatic nitrogens is 1. The molecule has 0 amide bonds. The highest BCUT2D eigenvalue weighted by molar-refractivity contribution is 7.80. The van der Waals surface area contributed by atoms with Gasteiger partial charge in [0, 0.05) is 22.5 Å². The summed E-state index contributed by atoms with van der Waals surface area (Å²) in [4.78, 5) is 21.5. The van der Waals surface area contributed by atoms with Crippen molar-refractivity contribution >= 4 is 39.6 Å². The Morgan fingerprint density at radius 3 is 2.68 bits per heavy atom. The fraction of sp³-hybridized carbons (Fsp3) is 0.417. The van der Waals surface area contributed by atoms with Crippen molar-refractivity contribution in [2.75, 3.05) is 26.2 Å². The molecule has 7 heteroatoms. The zero-order valence-electron chi connectivity index (χ0n) is 18.6. The van der Waals surface area contributed by atoms with Crippen LogP contribution in [0, 0.1) is 6.92 Å². The average molecular weight is 457 g/mol. The van der Waals surface area contributed by atoms with E-state index in [-0.39, 0.29) is 5.56 Å². The topological polar surface area (TPSA) is 51.4 Å². The molecule has 3 aromatic rings. The Balaban J connectivity index is 1.73. The fourth-order valence-corrected chi connectivity index (χ4v) is 4.58. The van der Waals surface area contributed by atoms with Crippen molar-refractivity contribution < 1.29 is 0 Å². The Kier molecular flexibility index (Phi) is 8.63. The van der Waals surface area contributed by atoms with Gasteiger partial charge in [-0.15, -0.1) is 11.3 Å². The Morgan fingerprint density at radius 2 is 1.97 bits per heavy atom. The van der Waals surface area contributed by atoms with Crippen LogP contribution in [0.3, 0.4) is 0 Å². The molecule has 31 heavy (non-hydrogen) atoms. The van der Waals surface area contributed by atoms with Crippen molar-refractivity contribution in [1.29, 1.82) is 0 Å². The summed E-state index contributed by atoms with van der Waals surface area (Å²) in [5, 5.41) is 7.21. The summed E-state index contributed by atoms with van der Waals surface area (Å²) in [6.45, 7) is 11.6. The second-order valence-electron chi connectivity index (χ2n) is 7.76. The molecule has 0 fully saturated rings. The molecule has 0 aliphatic heterocycles. The van der Waals surface area contributed by atoms with Crippen molar-refractivity contribution in [3.63, 3.8) is 0 Å². The Bertz CT molecular complexity index is 1040. The lowest BCUT2D eigenvalue weighted by atomic mass is 10.1. The minimum atomic E-state index is -0.0585. The summed E-state index contributed by atoms with van der Waals surface area (Å²) < 4.78 is 0. The standard InChI is InChI=1S/C24H32N4OS2/c1-4-27(5-2)12-7-11-25-24(30)28(17-21-8-6-13-31-21)16-20-15-19-14-18(3)9-10-22(19)26-23(20)29/h6,8-10,13-15H,4-5,7,11-12,16-17H2,1-3H3,(H,25,30)(H,26,29). The molecule has 0 aliphatic rings. The molecule has 0 unspecified atom stereocenters. The van der Waals surface area contributed by atoms with Crippen molar-refractivity contribution in [3.05, 3.63) is 68.1 Å². The molecule has 0 atom stereocenters. The summed E-state index contributed by atoms with van der Waals surface area (Å²) in [7, 11) is 0. The van der Waals surface area contributed by atoms with Crippen LogP contribution in [0.5, 0.6) is 0 Å². The Hall–Kier alpha value is -2.22. The smallest absolute Gasteiger partial charge is 0.253 e. The minimum absolute atomic E-state index is 0.0585. The molecular formula is C24H32N4OS2. The highest BCUT2D eigenvalue weighted by Crippen LogP contribution is 2.17. The van der Waals surface area contributed by atoms with Gasteiger partial charge in [0.2, 0.25) is 0 Å². The number of fused-ring (bicyclic) bond motifs is 1. The number of hydrogen-bond acceptors (Lipinski definition) is 4. The van der Waals surface area contributed by atoms with Crippen molar-refractivity contribution in [2.24, 2.45) is 0 Å². The third-order valence-electron chi connectivity index (χ3n) is 5.47. The predicted octanol–water partition coefficient (Wildman–Crippen LogP) is 4.51. The van der Waals surface area contributed by atoms with Gasteiger partial charge in [0.05, 0.1) is 13.1 Å². The van der Waals surface area contributed by atoms with Crippen molar-refractivity contribution in [1.82, 2.24) is 20.1 Å². The molecule has 0 aliphatic carbocycles. The van der Waals surface area contributed by atoms with Gasteiger partial charge in [-0.3, -0.25) is 4.79 Å². The second kappa shape index (κ2) is 11.4. The number of nitrogens with zero attached hydrogens (tertiary/aromatic N) is 2. The molecule has 2 N–H and O–H groups in total. The number of H-pyrrole nitrogens is 1. The molecule has 0 saturated heterocycles. The lowest BCUT2D eigenvalue weighted by molar-refractivity contribution is 0.299. The van der Waals surface area contributed by atoms with Crippen LogP contribution in [0.1, 0.15) is 36.3 Å². The van der Waals surface area contributed by atoms with Gasteiger partial charge in [-0.25, -0.2) is 0 Å². The van der Waals surface area contributed by atoms with Crippen LogP contribution < -0.4 is 10.9 Å². The van der Waals surface area contributed by atoms with Crippen LogP contribution in [-0.4, -0.2) is 46.1 Å². The number of thiocarbonyl (C=S) groups is 1. The van der Waals surface area contributed by atoms with Crippen LogP contribution in [0.4, 0.5) is 0 Å². The van der Waals surface area contributed by atoms with Gasteiger partial charge >= 0.3 is 0 Å². The van der Waals surface area contributed by atoms with Gasteiger partial charge in [0.1, 0.15) is 0 Å². The molecule has 1 aromatic carbocycles. The van der Waals surface area contributed by atoms with E-state index in [1.807, 2.05) is 24.3 Å². The van der Waals surface area contributed by atoms with Gasteiger partial charge in [-0.05, 0) is 80.2 Å². The van der Waals surface area contributed by atoms with E-state index in [0.29, 0.717) is 18.2 Å². The van der Waals surface area contributed by atoms with E-state index >= 15 is 0 Å². The maximum Gasteiger partial charge on any atom is 0.253 e. The highest BCUT2D eigenvalue weighted by atomic mass is 32.1. The number of hydrogen-bond donors (Lipinski definition) is 2. The van der Waals surface area contributed by atoms with Crippen LogP contribution >= 0.6 is 23.6 Å². The number of rotatable bonds is 10. The third-order valence-corrected chi connectivity index (χ3v) is 6.74. The normalized spacial score (nSPS) is 11.2. The molecule has 2 heterocycles.